The van der Waals surface area contributed by atoms with Gasteiger partial charge < -0.3 is 9.88 Å². The molecule has 2 aromatic rings. The number of ketones is 1. The van der Waals surface area contributed by atoms with Crippen LogP contribution in [0.4, 0.5) is 0 Å². The largest absolute Gasteiger partial charge is 0.348 e. The fraction of sp³-hybridized carbons (Fsp3) is 0.724. The third-order valence-electron chi connectivity index (χ3n) is 8.97. The van der Waals surface area contributed by atoms with E-state index in [0.717, 1.165) is 73.6 Å². The summed E-state index contributed by atoms with van der Waals surface area (Å²) in [5, 5.41) is 14.3. The van der Waals surface area contributed by atoms with E-state index in [1.807, 2.05) is 11.4 Å². The Labute approximate surface area is 225 Å². The summed E-state index contributed by atoms with van der Waals surface area (Å²) in [4.78, 5) is 29.0. The molecule has 37 heavy (non-hydrogen) atoms. The summed E-state index contributed by atoms with van der Waals surface area (Å²) in [6.07, 6.45) is 11.2. The maximum Gasteiger partial charge on any atom is 0.223 e. The highest BCUT2D eigenvalue weighted by atomic mass is 32.1. The molecule has 7 nitrogen and oxygen atoms in total. The van der Waals surface area contributed by atoms with Gasteiger partial charge in [0.15, 0.2) is 5.78 Å². The Hall–Kier alpha value is -2.06. The van der Waals surface area contributed by atoms with Gasteiger partial charge >= 0.3 is 0 Å². The quantitative estimate of drug-likeness (QED) is 0.408. The first-order chi connectivity index (χ1) is 17.8. The monoisotopic (exact) mass is 525 g/mol. The molecule has 0 unspecified atom stereocenters. The van der Waals surface area contributed by atoms with Gasteiger partial charge in [0.2, 0.25) is 5.91 Å². The van der Waals surface area contributed by atoms with Crippen molar-refractivity contribution in [2.24, 2.45) is 5.92 Å². The number of hydrogen-bond donors (Lipinski definition) is 1. The highest BCUT2D eigenvalue weighted by molar-refractivity contribution is 7.10. The van der Waals surface area contributed by atoms with E-state index in [9.17, 15) is 9.59 Å². The molecule has 0 spiro atoms. The van der Waals surface area contributed by atoms with E-state index in [0.29, 0.717) is 24.0 Å². The van der Waals surface area contributed by atoms with Gasteiger partial charge in [-0.25, -0.2) is 0 Å². The number of piperidine rings is 1. The first-order valence-electron chi connectivity index (χ1n) is 14.4. The van der Waals surface area contributed by atoms with Crippen molar-refractivity contribution in [1.82, 2.24) is 25.0 Å². The molecular formula is C29H43N5O2S. The predicted molar refractivity (Wildman–Crippen MR) is 147 cm³/mol. The molecule has 0 aromatic carbocycles. The van der Waals surface area contributed by atoms with E-state index in [1.54, 1.807) is 18.3 Å². The van der Waals surface area contributed by atoms with Gasteiger partial charge in [0.1, 0.15) is 11.6 Å². The van der Waals surface area contributed by atoms with Crippen LogP contribution in [0.3, 0.4) is 0 Å². The number of carbonyl (C=O) groups is 2. The highest BCUT2D eigenvalue weighted by Gasteiger charge is 2.42. The molecule has 1 N–H and O–H groups in total. The lowest BCUT2D eigenvalue weighted by Crippen LogP contribution is -2.45. The summed E-state index contributed by atoms with van der Waals surface area (Å²) < 4.78 is 2.41. The lowest BCUT2D eigenvalue weighted by Gasteiger charge is -2.40. The van der Waals surface area contributed by atoms with Crippen LogP contribution in [-0.4, -0.2) is 50.0 Å². The van der Waals surface area contributed by atoms with Gasteiger partial charge in [0.25, 0.3) is 0 Å². The number of rotatable bonds is 9. The normalized spacial score (nSPS) is 25.5. The Morgan fingerprint density at radius 2 is 1.76 bits per heavy atom. The average molecular weight is 526 g/mol. The Morgan fingerprint density at radius 1 is 1.05 bits per heavy atom. The third kappa shape index (κ3) is 5.70. The maximum absolute atomic E-state index is 13.2. The van der Waals surface area contributed by atoms with Crippen LogP contribution in [-0.2, 0) is 4.79 Å². The highest BCUT2D eigenvalue weighted by Crippen LogP contribution is 2.42. The lowest BCUT2D eigenvalue weighted by molar-refractivity contribution is -0.126. The number of nitrogens with one attached hydrogen (secondary N) is 1. The van der Waals surface area contributed by atoms with Gasteiger partial charge in [-0.2, -0.15) is 0 Å². The number of nitrogens with zero attached hydrogens (tertiary/aromatic N) is 4. The van der Waals surface area contributed by atoms with Crippen molar-refractivity contribution in [2.75, 3.05) is 6.54 Å². The van der Waals surface area contributed by atoms with Crippen molar-refractivity contribution < 1.29 is 9.59 Å². The first-order valence-corrected chi connectivity index (χ1v) is 15.3. The number of carbonyl (C=O) groups excluding carboxylic acids is 2. The molecule has 1 saturated carbocycles. The Kier molecular flexibility index (Phi) is 8.15. The van der Waals surface area contributed by atoms with E-state index >= 15 is 0 Å². The average Bonchev–Trinajstić information content (AvgIpc) is 3.58. The van der Waals surface area contributed by atoms with Crippen molar-refractivity contribution in [3.63, 3.8) is 0 Å². The minimum absolute atomic E-state index is 0.0303. The number of hydrogen-bond acceptors (Lipinski definition) is 6. The number of Topliss-reactive ketones (excluding diaryl/α,β-unsaturated/α-hetero) is 1. The van der Waals surface area contributed by atoms with E-state index < -0.39 is 0 Å². The summed E-state index contributed by atoms with van der Waals surface area (Å²) in [6.45, 7) is 9.08. The molecule has 2 aromatic heterocycles. The van der Waals surface area contributed by atoms with Gasteiger partial charge in [-0.05, 0) is 64.9 Å². The molecular weight excluding hydrogens is 482 g/mol. The van der Waals surface area contributed by atoms with E-state index in [2.05, 4.69) is 45.8 Å². The minimum atomic E-state index is -0.0303. The molecule has 2 aliphatic heterocycles. The third-order valence-corrected chi connectivity index (χ3v) is 10.0. The van der Waals surface area contributed by atoms with Crippen LogP contribution in [0.5, 0.6) is 0 Å². The number of amides is 1. The van der Waals surface area contributed by atoms with Gasteiger partial charge in [-0.15, -0.1) is 21.5 Å². The second-order valence-electron chi connectivity index (χ2n) is 11.9. The Balaban J connectivity index is 1.27. The predicted octanol–water partition coefficient (Wildman–Crippen LogP) is 5.97. The molecule has 2 bridgehead atoms. The summed E-state index contributed by atoms with van der Waals surface area (Å²) in [5.41, 5.74) is 0.753. The maximum atomic E-state index is 13.2. The van der Waals surface area contributed by atoms with Gasteiger partial charge in [0, 0.05) is 52.3 Å². The fourth-order valence-corrected chi connectivity index (χ4v) is 8.02. The summed E-state index contributed by atoms with van der Waals surface area (Å²) >= 11 is 1.61. The Bertz CT molecular complexity index is 1090. The zero-order valence-corrected chi connectivity index (χ0v) is 23.7. The number of thiophene rings is 1. The molecule has 0 radical (unpaired) electrons. The lowest BCUT2D eigenvalue weighted by atomic mass is 9.88. The van der Waals surface area contributed by atoms with Crippen LogP contribution < -0.4 is 5.32 Å². The smallest absolute Gasteiger partial charge is 0.223 e. The van der Waals surface area contributed by atoms with Crippen molar-refractivity contribution >= 4 is 23.0 Å². The van der Waals surface area contributed by atoms with Gasteiger partial charge in [0.05, 0.1) is 6.04 Å². The van der Waals surface area contributed by atoms with E-state index in [4.69, 9.17) is 0 Å². The molecule has 2 saturated heterocycles. The van der Waals surface area contributed by atoms with Crippen molar-refractivity contribution in [1.29, 1.82) is 0 Å². The summed E-state index contributed by atoms with van der Waals surface area (Å²) in [6, 6.07) is 3.57. The SMILES string of the molecule is CC(=O)c1csc([C@H](CCN2[C@H]3CC[C@H]2CC(n2c(C)nnc2C(C)C)C3)NC(=O)C2CCCCC2)c1. The second-order valence-corrected chi connectivity index (χ2v) is 12.8. The molecule has 5 rings (SSSR count). The zero-order chi connectivity index (χ0) is 26.1. The van der Waals surface area contributed by atoms with Crippen LogP contribution in [0.25, 0.3) is 0 Å². The van der Waals surface area contributed by atoms with E-state index in [-0.39, 0.29) is 23.7 Å². The summed E-state index contributed by atoms with van der Waals surface area (Å²) in [7, 11) is 0. The summed E-state index contributed by atoms with van der Waals surface area (Å²) in [5.74, 6) is 2.94. The molecule has 202 valence electrons. The van der Waals surface area contributed by atoms with Gasteiger partial charge in [-0.3, -0.25) is 14.5 Å². The zero-order valence-electron chi connectivity index (χ0n) is 22.9. The fourth-order valence-electron chi connectivity index (χ4n) is 6.99. The number of fused-ring (bicyclic) bond motifs is 2. The molecule has 4 heterocycles. The van der Waals surface area contributed by atoms with Crippen molar-refractivity contribution in [3.05, 3.63) is 33.5 Å². The Morgan fingerprint density at radius 3 is 2.38 bits per heavy atom. The molecule has 8 heteroatoms. The van der Waals surface area contributed by atoms with Crippen LogP contribution in [0.2, 0.25) is 0 Å². The molecule has 1 amide bonds. The van der Waals surface area contributed by atoms with Crippen LogP contribution >= 0.6 is 11.3 Å². The van der Waals surface area contributed by atoms with Crippen LogP contribution in [0.15, 0.2) is 11.4 Å². The van der Waals surface area contributed by atoms with Crippen molar-refractivity contribution in [3.8, 4) is 0 Å². The topological polar surface area (TPSA) is 80.1 Å². The standard InChI is InChI=1S/C29H43N5O2S/c1-18(2)28-32-31-20(4)34(28)25-15-23-10-11-24(16-25)33(23)13-12-26(27-14-22(17-37-27)19(3)35)30-29(36)21-8-6-5-7-9-21/h14,17-18,21,23-26H,5-13,15-16H2,1-4H3,(H,30,36)/t23-,24-,26-/m0/s1. The molecule has 3 atom stereocenters. The first kappa shape index (κ1) is 26.5. The van der Waals surface area contributed by atoms with Crippen molar-refractivity contribution in [2.45, 2.75) is 122 Å². The van der Waals surface area contributed by atoms with E-state index in [1.165, 1.54) is 19.3 Å². The second kappa shape index (κ2) is 11.4. The molecule has 3 fully saturated rings. The molecule has 3 aliphatic rings. The van der Waals surface area contributed by atoms with Crippen LogP contribution in [0.1, 0.15) is 130 Å². The minimum Gasteiger partial charge on any atom is -0.348 e. The van der Waals surface area contributed by atoms with Crippen LogP contribution in [0, 0.1) is 12.8 Å². The molecule has 1 aliphatic carbocycles. The number of aryl methyl sites for hydroxylation is 1. The van der Waals surface area contributed by atoms with Gasteiger partial charge in [-0.1, -0.05) is 33.1 Å². The number of aromatic nitrogens is 3.